The lowest BCUT2D eigenvalue weighted by atomic mass is 9.33. The van der Waals surface area contributed by atoms with Crippen molar-refractivity contribution in [1.82, 2.24) is 19.1 Å². The van der Waals surface area contributed by atoms with Crippen molar-refractivity contribution in [3.8, 4) is 34.2 Å². The number of para-hydroxylation sites is 1. The summed E-state index contributed by atoms with van der Waals surface area (Å²) in [7, 11) is 0. The van der Waals surface area contributed by atoms with Crippen molar-refractivity contribution in [3.05, 3.63) is 361 Å². The van der Waals surface area contributed by atoms with E-state index in [2.05, 4.69) is 545 Å². The SMILES string of the molecule is C.C.Cc1cc(C)c(-n2c(-c3ccccc3)nc3c(N(c4cc(C(C)(C)C)cc(C(C)(C)C)c4)c4cc(C(C)(C)C)cc(N(c5ccc(C(C)(C)C)cc5)c5ccc(C(C)(C)C)cc5)c4Cl)cccc32)c(C)c1.Cc1cc(C)c(-n2c(-c3ccccc3)nc3c4c(ccc32)B2c3cc(C(C)(C)C)ccc3N(c3ccc(C(C)(C)C)cc3)c3cc(C(C)(C)C)cc(c32)N4c2cc(C(C)(C)C)cc(C(C)(C)C)c2)c(C)c1. The third-order valence-electron chi connectivity index (χ3n) is 29.4. The van der Waals surface area contributed by atoms with E-state index in [0.29, 0.717) is 5.02 Å². The second-order valence-electron chi connectivity index (χ2n) is 51.3. The summed E-state index contributed by atoms with van der Waals surface area (Å²) in [6.45, 7) is 82.8. The fourth-order valence-corrected chi connectivity index (χ4v) is 21.4. The molecule has 18 rings (SSSR count). The molecule has 0 amide bonds. The van der Waals surface area contributed by atoms with Crippen molar-refractivity contribution in [3.63, 3.8) is 0 Å². The zero-order valence-electron chi connectivity index (χ0n) is 91.9. The molecule has 14 aromatic carbocycles. The summed E-state index contributed by atoms with van der Waals surface area (Å²) in [5.41, 5.74) is 44.6. The number of fused-ring (bicyclic) bond motifs is 7. The molecular weight excluding hydrogens is 1770 g/mol. The molecule has 0 atom stereocenters. The molecule has 2 aliphatic rings. The van der Waals surface area contributed by atoms with Crippen LogP contribution in [0.4, 0.5) is 68.2 Å². The molecule has 0 aliphatic carbocycles. The van der Waals surface area contributed by atoms with E-state index in [1.165, 1.54) is 128 Å². The van der Waals surface area contributed by atoms with Crippen LogP contribution in [-0.4, -0.2) is 25.8 Å². The minimum Gasteiger partial charge on any atom is -0.311 e. The first-order valence-corrected chi connectivity index (χ1v) is 51.9. The molecule has 2 aliphatic heterocycles. The molecule has 0 saturated carbocycles. The molecule has 4 heterocycles. The highest BCUT2D eigenvalue weighted by atomic mass is 35.5. The number of benzene rings is 14. The number of aromatic nitrogens is 4. The van der Waals surface area contributed by atoms with E-state index in [1.54, 1.807) is 0 Å². The van der Waals surface area contributed by atoms with Crippen LogP contribution < -0.4 is 36.0 Å². The van der Waals surface area contributed by atoms with E-state index < -0.39 is 0 Å². The lowest BCUT2D eigenvalue weighted by Crippen LogP contribution is -2.61. The zero-order valence-corrected chi connectivity index (χ0v) is 92.7. The van der Waals surface area contributed by atoms with Crippen molar-refractivity contribution in [2.45, 2.75) is 318 Å². The van der Waals surface area contributed by atoms with Gasteiger partial charge < -0.3 is 19.6 Å². The van der Waals surface area contributed by atoms with Gasteiger partial charge in [-0.05, 0) is 299 Å². The molecule has 0 N–H and O–H groups in total. The Bertz CT molecular complexity index is 7360. The zero-order chi connectivity index (χ0) is 103. The third-order valence-corrected chi connectivity index (χ3v) is 29.8. The van der Waals surface area contributed by atoms with E-state index >= 15 is 0 Å². The molecule has 0 radical (unpaired) electrons. The Balaban J connectivity index is 0.000000214. The van der Waals surface area contributed by atoms with Crippen LogP contribution in [0, 0.1) is 41.5 Å². The summed E-state index contributed by atoms with van der Waals surface area (Å²) in [6, 6.07) is 101. The van der Waals surface area contributed by atoms with E-state index in [9.17, 15) is 0 Å². The van der Waals surface area contributed by atoms with Crippen molar-refractivity contribution in [1.29, 1.82) is 0 Å². The number of hydrogen-bond donors (Lipinski definition) is 0. The Morgan fingerprint density at radius 3 is 1.02 bits per heavy atom. The van der Waals surface area contributed by atoms with E-state index in [-0.39, 0.29) is 75.7 Å². The minimum absolute atomic E-state index is 0. The van der Waals surface area contributed by atoms with Crippen molar-refractivity contribution in [2.24, 2.45) is 0 Å². The van der Waals surface area contributed by atoms with Gasteiger partial charge in [-0.25, -0.2) is 9.97 Å². The van der Waals surface area contributed by atoms with Crippen LogP contribution in [0.5, 0.6) is 0 Å². The number of rotatable bonds is 12. The molecule has 10 heteroatoms. The van der Waals surface area contributed by atoms with Gasteiger partial charge in [-0.3, -0.25) is 9.13 Å². The maximum absolute atomic E-state index is 8.31. The van der Waals surface area contributed by atoms with Gasteiger partial charge in [-0.15, -0.1) is 0 Å². The topological polar surface area (TPSA) is 48.6 Å². The highest BCUT2D eigenvalue weighted by molar-refractivity contribution is 7.00. The summed E-state index contributed by atoms with van der Waals surface area (Å²) in [4.78, 5) is 21.7. The Hall–Kier alpha value is -12.4. The second kappa shape index (κ2) is 37.9. The average Bonchev–Trinajstić information content (AvgIpc) is 1.13. The first-order chi connectivity index (χ1) is 66.1. The highest BCUT2D eigenvalue weighted by Crippen LogP contribution is 2.56. The van der Waals surface area contributed by atoms with Gasteiger partial charge in [-0.2, -0.15) is 0 Å². The normalized spacial score (nSPS) is 13.2. The van der Waals surface area contributed by atoms with Crippen LogP contribution in [0.15, 0.2) is 267 Å². The van der Waals surface area contributed by atoms with Crippen LogP contribution in [0.2, 0.25) is 5.02 Å². The quantitative estimate of drug-likeness (QED) is 0.114. The van der Waals surface area contributed by atoms with Gasteiger partial charge >= 0.3 is 0 Å². The van der Waals surface area contributed by atoms with Gasteiger partial charge in [0.2, 0.25) is 0 Å². The second-order valence-corrected chi connectivity index (χ2v) is 51.6. The van der Waals surface area contributed by atoms with Gasteiger partial charge in [-0.1, -0.05) is 403 Å². The number of hydrogen-bond acceptors (Lipinski definition) is 6. The average molecular weight is 1930 g/mol. The van der Waals surface area contributed by atoms with Crippen LogP contribution in [0.3, 0.4) is 0 Å². The van der Waals surface area contributed by atoms with E-state index in [0.717, 1.165) is 102 Å². The molecule has 0 saturated heterocycles. The Kier molecular flexibility index (Phi) is 27.8. The standard InChI is InChI=1S/C66H75BN4.C66H77ClN4.2CH4/c1-40-32-41(2)59(42(3)33-40)71-54-31-29-51-60(58(54)68-61(71)43-22-20-19-21-23-43)70(50-35-46(64(10,11)12)34-47(36-50)65(13,14)15)56-39-48(66(16,17)18)38-55-57(56)67(51)52-37-45(63(7,8)9)26-30-53(52)69(55)49-27-24-44(25-28-49)62(4,5)6;1-42-35-43(2)60(44(3)36-42)71-55-26-22-25-54(59(55)68-61(71)45-23-20-19-21-24-45)70(53-38-48(64(10,11)12)37-49(39-53)65(13,14)15)57-41-50(66(16,17)18)40-56(58(57)67)69(51-31-27-46(28-32-51)62(4,5)6)52-33-29-47(30-34-52)63(7,8)9;;/h19-39H,1-18H3;19-41H,1-18H3;2*1H4. The molecule has 0 fully saturated rings. The molecule has 2 aromatic heterocycles. The largest absolute Gasteiger partial charge is 0.311 e. The fourth-order valence-electron chi connectivity index (χ4n) is 21.1. The molecule has 0 bridgehead atoms. The Labute approximate surface area is 871 Å². The fraction of sp³-hybridized carbons (Fsp3) is 0.358. The molecule has 746 valence electrons. The molecular formula is C134H160BClN8. The maximum atomic E-state index is 8.31. The third kappa shape index (κ3) is 20.2. The highest BCUT2D eigenvalue weighted by Gasteiger charge is 2.47. The Morgan fingerprint density at radius 2 is 0.611 bits per heavy atom. The number of imidazole rings is 2. The molecule has 16 aromatic rings. The monoisotopic (exact) mass is 1930 g/mol. The van der Waals surface area contributed by atoms with Gasteiger partial charge in [0.1, 0.15) is 22.7 Å². The van der Waals surface area contributed by atoms with E-state index in [1.807, 2.05) is 0 Å². The predicted molar refractivity (Wildman–Crippen MR) is 630 cm³/mol. The van der Waals surface area contributed by atoms with Gasteiger partial charge in [0.05, 0.1) is 50.2 Å². The van der Waals surface area contributed by atoms with Crippen molar-refractivity contribution < 1.29 is 0 Å². The lowest BCUT2D eigenvalue weighted by Gasteiger charge is -2.45. The summed E-state index contributed by atoms with van der Waals surface area (Å²) < 4.78 is 4.84. The first kappa shape index (κ1) is 106. The van der Waals surface area contributed by atoms with Crippen LogP contribution in [0.25, 0.3) is 56.2 Å². The summed E-state index contributed by atoms with van der Waals surface area (Å²) in [5, 5.41) is 0.640. The van der Waals surface area contributed by atoms with Crippen molar-refractivity contribution >= 4 is 125 Å². The van der Waals surface area contributed by atoms with E-state index in [4.69, 9.17) is 21.6 Å². The number of nitrogens with zero attached hydrogens (tertiary/aromatic N) is 8. The summed E-state index contributed by atoms with van der Waals surface area (Å²) in [6.07, 6.45) is 0. The van der Waals surface area contributed by atoms with Gasteiger partial charge in [0, 0.05) is 56.6 Å². The van der Waals surface area contributed by atoms with Gasteiger partial charge in [0.25, 0.3) is 6.71 Å². The van der Waals surface area contributed by atoms with Gasteiger partial charge in [0.15, 0.2) is 0 Å². The smallest absolute Gasteiger partial charge is 0.252 e. The Morgan fingerprint density at radius 1 is 0.257 bits per heavy atom. The summed E-state index contributed by atoms with van der Waals surface area (Å²) >= 11 is 8.31. The predicted octanol–water partition coefficient (Wildman–Crippen LogP) is 37.2. The molecule has 0 spiro atoms. The maximum Gasteiger partial charge on any atom is 0.252 e. The number of aryl methyl sites for hydroxylation is 6. The lowest BCUT2D eigenvalue weighted by molar-refractivity contribution is 0.568. The molecule has 8 nitrogen and oxygen atoms in total. The van der Waals surface area contributed by atoms with Crippen LogP contribution in [0.1, 0.15) is 312 Å². The first-order valence-electron chi connectivity index (χ1n) is 51.5. The molecule has 0 unspecified atom stereocenters. The molecule has 144 heavy (non-hydrogen) atoms. The van der Waals surface area contributed by atoms with Crippen LogP contribution >= 0.6 is 11.6 Å². The van der Waals surface area contributed by atoms with Crippen molar-refractivity contribution in [2.75, 3.05) is 19.6 Å². The number of halogens is 1. The summed E-state index contributed by atoms with van der Waals surface area (Å²) in [5.74, 6) is 1.84. The number of anilines is 12. The minimum atomic E-state index is -0.254. The van der Waals surface area contributed by atoms with Crippen LogP contribution in [-0.2, 0) is 54.1 Å².